The lowest BCUT2D eigenvalue weighted by molar-refractivity contribution is -0.147. The molecule has 1 aromatic carbocycles. The quantitative estimate of drug-likeness (QED) is 0.874. The van der Waals surface area contributed by atoms with Crippen LogP contribution >= 0.6 is 0 Å². The number of aliphatic carboxylic acids is 1. The summed E-state index contributed by atoms with van der Waals surface area (Å²) in [6, 6.07) is 5.76. The maximum absolute atomic E-state index is 12.3. The van der Waals surface area contributed by atoms with Gasteiger partial charge in [-0.2, -0.15) is 8.78 Å². The Labute approximate surface area is 127 Å². The van der Waals surface area contributed by atoms with Crippen molar-refractivity contribution in [2.75, 3.05) is 19.7 Å². The third kappa shape index (κ3) is 4.14. The zero-order chi connectivity index (χ0) is 16.1. The molecule has 0 radical (unpaired) electrons. The minimum absolute atomic E-state index is 0.0681. The average molecular weight is 315 g/mol. The first kappa shape index (κ1) is 16.6. The van der Waals surface area contributed by atoms with Crippen LogP contribution in [0.3, 0.4) is 0 Å². The Hall–Kier alpha value is -1.73. The van der Waals surface area contributed by atoms with Gasteiger partial charge in [-0.15, -0.1) is 0 Å². The highest BCUT2D eigenvalue weighted by molar-refractivity contribution is 5.73. The molecule has 122 valence electrons. The Morgan fingerprint density at radius 1 is 1.55 bits per heavy atom. The second kappa shape index (κ2) is 7.51. The van der Waals surface area contributed by atoms with Crippen molar-refractivity contribution < 1.29 is 28.2 Å². The molecule has 1 aliphatic heterocycles. The Balaban J connectivity index is 2.10. The monoisotopic (exact) mass is 315 g/mol. The predicted octanol–water partition coefficient (Wildman–Crippen LogP) is 2.52. The second-order valence-electron chi connectivity index (χ2n) is 5.07. The molecular formula is C15H19F2NO4. The number of hydrogen-bond acceptors (Lipinski definition) is 4. The molecule has 1 aromatic rings. The Bertz CT molecular complexity index is 512. The molecule has 0 saturated carbocycles. The summed E-state index contributed by atoms with van der Waals surface area (Å²) >= 11 is 0. The minimum Gasteiger partial charge on any atom is -0.480 e. The van der Waals surface area contributed by atoms with Crippen LogP contribution in [0.2, 0.25) is 0 Å². The molecule has 0 aliphatic carbocycles. The SMILES string of the molecule is CCC(C(=O)O)N1CCOC(c2cccc(OC(F)F)c2)C1. The smallest absolute Gasteiger partial charge is 0.387 e. The van der Waals surface area contributed by atoms with E-state index in [1.165, 1.54) is 12.1 Å². The van der Waals surface area contributed by atoms with E-state index in [-0.39, 0.29) is 11.9 Å². The summed E-state index contributed by atoms with van der Waals surface area (Å²) in [4.78, 5) is 13.1. The van der Waals surface area contributed by atoms with E-state index in [1.54, 1.807) is 12.1 Å². The molecule has 0 spiro atoms. The highest BCUT2D eigenvalue weighted by Crippen LogP contribution is 2.27. The lowest BCUT2D eigenvalue weighted by Gasteiger charge is -2.36. The average Bonchev–Trinajstić information content (AvgIpc) is 2.47. The van der Waals surface area contributed by atoms with E-state index in [0.717, 1.165) is 0 Å². The molecule has 1 saturated heterocycles. The van der Waals surface area contributed by atoms with Crippen molar-refractivity contribution in [3.05, 3.63) is 29.8 Å². The maximum atomic E-state index is 12.3. The third-order valence-electron chi connectivity index (χ3n) is 3.67. The molecule has 2 rings (SSSR count). The van der Waals surface area contributed by atoms with E-state index in [4.69, 9.17) is 4.74 Å². The number of carboxylic acids is 1. The molecule has 2 unspecified atom stereocenters. The molecular weight excluding hydrogens is 296 g/mol. The van der Waals surface area contributed by atoms with Gasteiger partial charge in [-0.05, 0) is 24.1 Å². The first-order valence-electron chi connectivity index (χ1n) is 7.14. The number of nitrogens with zero attached hydrogens (tertiary/aromatic N) is 1. The van der Waals surface area contributed by atoms with E-state index in [2.05, 4.69) is 4.74 Å². The van der Waals surface area contributed by atoms with Crippen molar-refractivity contribution in [3.63, 3.8) is 0 Å². The predicted molar refractivity (Wildman–Crippen MR) is 75.1 cm³/mol. The summed E-state index contributed by atoms with van der Waals surface area (Å²) in [7, 11) is 0. The van der Waals surface area contributed by atoms with Crippen LogP contribution in [-0.2, 0) is 9.53 Å². The number of carboxylic acid groups (broad SMARTS) is 1. The lowest BCUT2D eigenvalue weighted by atomic mass is 10.1. The normalized spacial score (nSPS) is 20.8. The molecule has 1 aliphatic rings. The van der Waals surface area contributed by atoms with Crippen molar-refractivity contribution in [2.24, 2.45) is 0 Å². The van der Waals surface area contributed by atoms with Gasteiger partial charge in [0.15, 0.2) is 0 Å². The van der Waals surface area contributed by atoms with Gasteiger partial charge in [0.05, 0.1) is 12.7 Å². The first-order valence-corrected chi connectivity index (χ1v) is 7.14. The van der Waals surface area contributed by atoms with Crippen LogP contribution in [-0.4, -0.2) is 48.3 Å². The number of carbonyl (C=O) groups is 1. The summed E-state index contributed by atoms with van der Waals surface area (Å²) in [5.74, 6) is -0.795. The van der Waals surface area contributed by atoms with Crippen LogP contribution in [0.5, 0.6) is 5.75 Å². The van der Waals surface area contributed by atoms with Crippen molar-refractivity contribution in [3.8, 4) is 5.75 Å². The number of ether oxygens (including phenoxy) is 2. The van der Waals surface area contributed by atoms with Crippen molar-refractivity contribution >= 4 is 5.97 Å². The van der Waals surface area contributed by atoms with E-state index in [0.29, 0.717) is 31.7 Å². The number of halogens is 2. The zero-order valence-corrected chi connectivity index (χ0v) is 12.2. The van der Waals surface area contributed by atoms with Crippen molar-refractivity contribution in [2.45, 2.75) is 32.1 Å². The number of alkyl halides is 2. The van der Waals surface area contributed by atoms with Crippen LogP contribution in [0.15, 0.2) is 24.3 Å². The topological polar surface area (TPSA) is 59.0 Å². The molecule has 22 heavy (non-hydrogen) atoms. The van der Waals surface area contributed by atoms with E-state index in [1.807, 2.05) is 11.8 Å². The maximum Gasteiger partial charge on any atom is 0.387 e. The van der Waals surface area contributed by atoms with Gasteiger partial charge in [-0.3, -0.25) is 9.69 Å². The molecule has 1 heterocycles. The van der Waals surface area contributed by atoms with Crippen LogP contribution in [0, 0.1) is 0 Å². The number of hydrogen-bond donors (Lipinski definition) is 1. The largest absolute Gasteiger partial charge is 0.480 e. The van der Waals surface area contributed by atoms with Gasteiger partial charge in [-0.1, -0.05) is 19.1 Å². The van der Waals surface area contributed by atoms with Gasteiger partial charge >= 0.3 is 12.6 Å². The Kier molecular flexibility index (Phi) is 5.68. The third-order valence-corrected chi connectivity index (χ3v) is 3.67. The molecule has 7 heteroatoms. The van der Waals surface area contributed by atoms with E-state index >= 15 is 0 Å². The zero-order valence-electron chi connectivity index (χ0n) is 12.2. The molecule has 5 nitrogen and oxygen atoms in total. The number of benzene rings is 1. The van der Waals surface area contributed by atoms with Crippen molar-refractivity contribution in [1.82, 2.24) is 4.90 Å². The molecule has 1 fully saturated rings. The fraction of sp³-hybridized carbons (Fsp3) is 0.533. The van der Waals surface area contributed by atoms with Crippen molar-refractivity contribution in [1.29, 1.82) is 0 Å². The first-order chi connectivity index (χ1) is 10.5. The molecule has 0 amide bonds. The van der Waals surface area contributed by atoms with Gasteiger partial charge in [0.25, 0.3) is 0 Å². The summed E-state index contributed by atoms with van der Waals surface area (Å²) in [6.07, 6.45) is 0.139. The fourth-order valence-electron chi connectivity index (χ4n) is 2.63. The van der Waals surface area contributed by atoms with Gasteiger partial charge in [0, 0.05) is 13.1 Å². The minimum atomic E-state index is -2.88. The molecule has 0 aromatic heterocycles. The summed E-state index contributed by atoms with van der Waals surface area (Å²) in [6.45, 7) is 0.280. The summed E-state index contributed by atoms with van der Waals surface area (Å²) in [5.41, 5.74) is 0.697. The molecule has 0 bridgehead atoms. The Morgan fingerprint density at radius 3 is 2.95 bits per heavy atom. The lowest BCUT2D eigenvalue weighted by Crippen LogP contribution is -2.48. The number of morpholine rings is 1. The second-order valence-corrected chi connectivity index (χ2v) is 5.07. The van der Waals surface area contributed by atoms with Gasteiger partial charge < -0.3 is 14.6 Å². The summed E-state index contributed by atoms with van der Waals surface area (Å²) in [5, 5.41) is 9.24. The standard InChI is InChI=1S/C15H19F2NO4/c1-2-12(14(19)20)18-6-7-21-13(9-18)10-4-3-5-11(8-10)22-15(16)17/h3-5,8,12-13,15H,2,6-7,9H2,1H3,(H,19,20). The summed E-state index contributed by atoms with van der Waals surface area (Å²) < 4.78 is 34.6. The molecule has 1 N–H and O–H groups in total. The van der Waals surface area contributed by atoms with Crippen LogP contribution in [0.25, 0.3) is 0 Å². The highest BCUT2D eigenvalue weighted by Gasteiger charge is 2.30. The fourth-order valence-corrected chi connectivity index (χ4v) is 2.63. The molecule has 2 atom stereocenters. The van der Waals surface area contributed by atoms with E-state index < -0.39 is 18.6 Å². The highest BCUT2D eigenvalue weighted by atomic mass is 19.3. The van der Waals surface area contributed by atoms with Gasteiger partial charge in [0.1, 0.15) is 11.8 Å². The van der Waals surface area contributed by atoms with Gasteiger partial charge in [-0.25, -0.2) is 0 Å². The van der Waals surface area contributed by atoms with E-state index in [9.17, 15) is 18.7 Å². The van der Waals surface area contributed by atoms with Crippen LogP contribution in [0.4, 0.5) is 8.78 Å². The Morgan fingerprint density at radius 2 is 2.32 bits per heavy atom. The number of rotatable bonds is 6. The van der Waals surface area contributed by atoms with Crippen LogP contribution < -0.4 is 4.74 Å². The van der Waals surface area contributed by atoms with Gasteiger partial charge in [0.2, 0.25) is 0 Å². The van der Waals surface area contributed by atoms with Crippen LogP contribution in [0.1, 0.15) is 25.0 Å².